The number of carbonyl (C=O) groups excluding carboxylic acids is 3. The second kappa shape index (κ2) is 9.27. The maximum atomic E-state index is 12.4. The summed E-state index contributed by atoms with van der Waals surface area (Å²) in [5.74, 6) is -0.910. The minimum Gasteiger partial charge on any atom is -0.465 e. The fraction of sp³-hybridized carbons (Fsp3) is 0.400. The zero-order chi connectivity index (χ0) is 17.0. The van der Waals surface area contributed by atoms with Crippen molar-refractivity contribution >= 4 is 59.2 Å². The third-order valence-electron chi connectivity index (χ3n) is 3.24. The van der Waals surface area contributed by atoms with Crippen molar-refractivity contribution in [3.05, 3.63) is 29.3 Å². The molecule has 0 aliphatic carbocycles. The van der Waals surface area contributed by atoms with Crippen LogP contribution in [0.1, 0.15) is 13.3 Å². The highest BCUT2D eigenvalue weighted by Crippen LogP contribution is 2.31. The van der Waals surface area contributed by atoms with Crippen LogP contribution in [0, 0.1) is 0 Å². The fourth-order valence-electron chi connectivity index (χ4n) is 2.16. The third-order valence-corrected chi connectivity index (χ3v) is 4.80. The standard InChI is InChI=1S/C15H17ClN2O4S.ClH/c1-2-22-15(21)11(17)8-23-12-7-13(19)18(14(12)20)10-5-3-4-9(16)6-10;/h3-6,11-12H,2,7-8,17H2,1H3;1H. The molecule has 2 rings (SSSR count). The number of ether oxygens (including phenoxy) is 1. The highest BCUT2D eigenvalue weighted by atomic mass is 35.5. The van der Waals surface area contributed by atoms with E-state index in [4.69, 9.17) is 22.1 Å². The maximum absolute atomic E-state index is 12.4. The number of hydrogen-bond acceptors (Lipinski definition) is 6. The van der Waals surface area contributed by atoms with Gasteiger partial charge >= 0.3 is 5.97 Å². The molecule has 0 radical (unpaired) electrons. The lowest BCUT2D eigenvalue weighted by Crippen LogP contribution is -2.36. The number of nitrogens with zero attached hydrogens (tertiary/aromatic N) is 1. The molecule has 1 aliphatic rings. The van der Waals surface area contributed by atoms with Gasteiger partial charge in [0.15, 0.2) is 0 Å². The second-order valence-corrected chi connectivity index (χ2v) is 6.60. The van der Waals surface area contributed by atoms with Gasteiger partial charge < -0.3 is 10.5 Å². The van der Waals surface area contributed by atoms with Crippen molar-refractivity contribution in [2.24, 2.45) is 5.73 Å². The Bertz CT molecular complexity index is 629. The summed E-state index contributed by atoms with van der Waals surface area (Å²) in [6, 6.07) is 5.74. The van der Waals surface area contributed by atoms with E-state index in [1.54, 1.807) is 31.2 Å². The van der Waals surface area contributed by atoms with Crippen molar-refractivity contribution in [1.29, 1.82) is 0 Å². The molecule has 2 atom stereocenters. The molecule has 1 fully saturated rings. The van der Waals surface area contributed by atoms with Crippen molar-refractivity contribution in [1.82, 2.24) is 0 Å². The van der Waals surface area contributed by atoms with Crippen molar-refractivity contribution in [2.45, 2.75) is 24.6 Å². The van der Waals surface area contributed by atoms with Gasteiger partial charge in [-0.05, 0) is 25.1 Å². The van der Waals surface area contributed by atoms with Crippen LogP contribution in [0.25, 0.3) is 0 Å². The van der Waals surface area contributed by atoms with Gasteiger partial charge in [-0.3, -0.25) is 14.4 Å². The number of halogens is 2. The molecular weight excluding hydrogens is 375 g/mol. The highest BCUT2D eigenvalue weighted by molar-refractivity contribution is 8.00. The van der Waals surface area contributed by atoms with Crippen molar-refractivity contribution in [3.63, 3.8) is 0 Å². The lowest BCUT2D eigenvalue weighted by atomic mass is 10.3. The number of benzene rings is 1. The molecule has 2 N–H and O–H groups in total. The molecule has 0 aromatic heterocycles. The SMILES string of the molecule is CCOC(=O)C(N)CSC1CC(=O)N(c2cccc(Cl)c2)C1=O.Cl. The van der Waals surface area contributed by atoms with Crippen molar-refractivity contribution < 1.29 is 19.1 Å². The number of hydrogen-bond donors (Lipinski definition) is 1. The number of anilines is 1. The number of rotatable bonds is 6. The van der Waals surface area contributed by atoms with E-state index in [1.165, 1.54) is 11.8 Å². The summed E-state index contributed by atoms with van der Waals surface area (Å²) in [5, 5.41) is -0.106. The maximum Gasteiger partial charge on any atom is 0.323 e. The van der Waals surface area contributed by atoms with E-state index in [1.807, 2.05) is 0 Å². The van der Waals surface area contributed by atoms with Gasteiger partial charge in [0.2, 0.25) is 11.8 Å². The van der Waals surface area contributed by atoms with Gasteiger partial charge in [0, 0.05) is 17.2 Å². The molecule has 0 saturated carbocycles. The van der Waals surface area contributed by atoms with E-state index in [0.29, 0.717) is 10.7 Å². The third kappa shape index (κ3) is 4.86. The number of thioether (sulfide) groups is 1. The fourth-order valence-corrected chi connectivity index (χ4v) is 3.43. The molecule has 1 aliphatic heterocycles. The zero-order valence-corrected chi connectivity index (χ0v) is 15.3. The molecule has 2 unspecified atom stereocenters. The summed E-state index contributed by atoms with van der Waals surface area (Å²) in [5.41, 5.74) is 6.15. The monoisotopic (exact) mass is 392 g/mol. The van der Waals surface area contributed by atoms with Gasteiger partial charge in [-0.15, -0.1) is 24.2 Å². The Labute approximate surface area is 155 Å². The smallest absolute Gasteiger partial charge is 0.323 e. The Morgan fingerprint density at radius 3 is 2.83 bits per heavy atom. The molecule has 1 heterocycles. The molecule has 2 amide bonds. The minimum atomic E-state index is -0.817. The Morgan fingerprint density at radius 2 is 2.21 bits per heavy atom. The first-order valence-electron chi connectivity index (χ1n) is 7.10. The number of nitrogens with two attached hydrogens (primary N) is 1. The van der Waals surface area contributed by atoms with Gasteiger partial charge in [0.25, 0.3) is 0 Å². The largest absolute Gasteiger partial charge is 0.465 e. The lowest BCUT2D eigenvalue weighted by molar-refractivity contribution is -0.144. The van der Waals surface area contributed by atoms with Crippen LogP contribution in [0.4, 0.5) is 5.69 Å². The summed E-state index contributed by atoms with van der Waals surface area (Å²) in [6.45, 7) is 1.94. The predicted octanol–water partition coefficient (Wildman–Crippen LogP) is 2.02. The summed E-state index contributed by atoms with van der Waals surface area (Å²) in [4.78, 5) is 37.1. The van der Waals surface area contributed by atoms with E-state index >= 15 is 0 Å². The van der Waals surface area contributed by atoms with Crippen LogP contribution in [0.3, 0.4) is 0 Å². The first-order chi connectivity index (χ1) is 10.9. The number of carbonyl (C=O) groups is 3. The normalized spacial score (nSPS) is 18.3. The quantitative estimate of drug-likeness (QED) is 0.588. The minimum absolute atomic E-state index is 0. The summed E-state index contributed by atoms with van der Waals surface area (Å²) in [6.07, 6.45) is 0.0750. The topological polar surface area (TPSA) is 89.7 Å². The molecule has 132 valence electrons. The summed E-state index contributed by atoms with van der Waals surface area (Å²) < 4.78 is 4.82. The number of imide groups is 1. The lowest BCUT2D eigenvalue weighted by Gasteiger charge is -2.16. The Balaban J connectivity index is 0.00000288. The van der Waals surface area contributed by atoms with Gasteiger partial charge in [0.1, 0.15) is 6.04 Å². The Hall–Kier alpha value is -1.28. The second-order valence-electron chi connectivity index (χ2n) is 4.93. The summed E-state index contributed by atoms with van der Waals surface area (Å²) >= 11 is 7.09. The highest BCUT2D eigenvalue weighted by Gasteiger charge is 2.40. The van der Waals surface area contributed by atoms with Gasteiger partial charge in [-0.25, -0.2) is 4.90 Å². The van der Waals surface area contributed by atoms with Crippen LogP contribution in [0.5, 0.6) is 0 Å². The van der Waals surface area contributed by atoms with Gasteiger partial charge in [-0.1, -0.05) is 17.7 Å². The van der Waals surface area contributed by atoms with E-state index in [-0.39, 0.29) is 43.0 Å². The molecule has 1 aromatic rings. The van der Waals surface area contributed by atoms with Crippen molar-refractivity contribution in [3.8, 4) is 0 Å². The average Bonchev–Trinajstić information content (AvgIpc) is 2.79. The van der Waals surface area contributed by atoms with E-state index in [0.717, 1.165) is 4.90 Å². The van der Waals surface area contributed by atoms with Crippen LogP contribution in [0.15, 0.2) is 24.3 Å². The Morgan fingerprint density at radius 1 is 1.50 bits per heavy atom. The zero-order valence-electron chi connectivity index (χ0n) is 12.9. The molecule has 1 saturated heterocycles. The molecular formula is C15H18Cl2N2O4S. The van der Waals surface area contributed by atoms with Gasteiger partial charge in [-0.2, -0.15) is 0 Å². The molecule has 6 nitrogen and oxygen atoms in total. The number of amides is 2. The molecule has 24 heavy (non-hydrogen) atoms. The predicted molar refractivity (Wildman–Crippen MR) is 96.7 cm³/mol. The number of esters is 1. The molecule has 1 aromatic carbocycles. The first-order valence-corrected chi connectivity index (χ1v) is 8.53. The van der Waals surface area contributed by atoms with E-state index < -0.39 is 17.3 Å². The van der Waals surface area contributed by atoms with Crippen LogP contribution in [0.2, 0.25) is 5.02 Å². The average molecular weight is 393 g/mol. The van der Waals surface area contributed by atoms with Gasteiger partial charge in [0.05, 0.1) is 17.5 Å². The first kappa shape index (κ1) is 20.8. The Kier molecular flexibility index (Phi) is 8.02. The van der Waals surface area contributed by atoms with Crippen LogP contribution in [-0.2, 0) is 19.1 Å². The molecule has 0 spiro atoms. The van der Waals surface area contributed by atoms with Crippen LogP contribution < -0.4 is 10.6 Å². The van der Waals surface area contributed by atoms with Crippen LogP contribution >= 0.6 is 35.8 Å². The molecule has 0 bridgehead atoms. The summed E-state index contributed by atoms with van der Waals surface area (Å²) in [7, 11) is 0. The molecule has 9 heteroatoms. The van der Waals surface area contributed by atoms with E-state index in [2.05, 4.69) is 0 Å². The van der Waals surface area contributed by atoms with Crippen LogP contribution in [-0.4, -0.2) is 41.4 Å². The van der Waals surface area contributed by atoms with Crippen molar-refractivity contribution in [2.75, 3.05) is 17.3 Å². The van der Waals surface area contributed by atoms with E-state index in [9.17, 15) is 14.4 Å².